The lowest BCUT2D eigenvalue weighted by molar-refractivity contribution is 0.101. The maximum Gasteiger partial charge on any atom is 0.193 e. The predicted molar refractivity (Wildman–Crippen MR) is 75.6 cm³/mol. The second kappa shape index (κ2) is 5.44. The van der Waals surface area contributed by atoms with Gasteiger partial charge in [-0.25, -0.2) is 0 Å². The van der Waals surface area contributed by atoms with Crippen LogP contribution in [0.1, 0.15) is 31.8 Å². The minimum Gasteiger partial charge on any atom is -0.289 e. The molecule has 0 saturated carbocycles. The zero-order valence-electron chi connectivity index (χ0n) is 10.7. The number of hydrogen-bond acceptors (Lipinski definition) is 2. The highest BCUT2D eigenvalue weighted by Crippen LogP contribution is 2.17. The average Bonchev–Trinajstić information content (AvgIpc) is 2.46. The van der Waals surface area contributed by atoms with Crippen LogP contribution in [0.3, 0.4) is 0 Å². The molecule has 0 unspecified atom stereocenters. The first-order valence-corrected chi connectivity index (χ1v) is 6.00. The van der Waals surface area contributed by atoms with Crippen LogP contribution >= 0.6 is 0 Å². The fraction of sp³-hybridized carbons (Fsp3) is 0.0588. The summed E-state index contributed by atoms with van der Waals surface area (Å²) >= 11 is 0. The lowest BCUT2D eigenvalue weighted by Crippen LogP contribution is -2.09. The molecule has 0 amide bonds. The van der Waals surface area contributed by atoms with E-state index in [2.05, 4.69) is 6.58 Å². The number of benzene rings is 2. The Bertz CT molecular complexity index is 640. The third-order valence-corrected chi connectivity index (χ3v) is 2.91. The number of rotatable bonds is 4. The van der Waals surface area contributed by atoms with E-state index in [4.69, 9.17) is 0 Å². The van der Waals surface area contributed by atoms with Crippen molar-refractivity contribution in [3.05, 3.63) is 83.4 Å². The lowest BCUT2D eigenvalue weighted by Gasteiger charge is -2.07. The van der Waals surface area contributed by atoms with Crippen molar-refractivity contribution in [2.45, 2.75) is 6.92 Å². The van der Waals surface area contributed by atoms with E-state index >= 15 is 0 Å². The van der Waals surface area contributed by atoms with Crippen LogP contribution in [0.5, 0.6) is 0 Å². The first-order valence-electron chi connectivity index (χ1n) is 6.00. The molecule has 0 heterocycles. The summed E-state index contributed by atoms with van der Waals surface area (Å²) < 4.78 is 0. The van der Waals surface area contributed by atoms with Crippen molar-refractivity contribution >= 4 is 11.6 Å². The van der Waals surface area contributed by atoms with Gasteiger partial charge in [0.15, 0.2) is 11.6 Å². The Hall–Kier alpha value is -2.48. The summed E-state index contributed by atoms with van der Waals surface area (Å²) in [4.78, 5) is 24.3. The van der Waals surface area contributed by atoms with Gasteiger partial charge in [-0.3, -0.25) is 9.59 Å². The van der Waals surface area contributed by atoms with E-state index in [9.17, 15) is 9.59 Å². The summed E-state index contributed by atoms with van der Waals surface area (Å²) in [5, 5.41) is 0. The molecule has 0 saturated heterocycles. The minimum absolute atomic E-state index is 0.147. The highest BCUT2D eigenvalue weighted by molar-refractivity contribution is 6.17. The maximum atomic E-state index is 12.4. The lowest BCUT2D eigenvalue weighted by atomic mass is 9.94. The molecule has 0 bridgehead atoms. The van der Waals surface area contributed by atoms with Crippen LogP contribution in [-0.4, -0.2) is 11.6 Å². The number of carbonyl (C=O) groups is 2. The van der Waals surface area contributed by atoms with E-state index in [1.54, 1.807) is 36.4 Å². The van der Waals surface area contributed by atoms with Gasteiger partial charge in [0, 0.05) is 16.7 Å². The van der Waals surface area contributed by atoms with Crippen LogP contribution in [0.4, 0.5) is 0 Å². The first-order chi connectivity index (χ1) is 9.13. The molecule has 0 radical (unpaired) electrons. The molecule has 2 heteroatoms. The summed E-state index contributed by atoms with van der Waals surface area (Å²) in [5.74, 6) is -0.381. The molecule has 2 aromatic rings. The quantitative estimate of drug-likeness (QED) is 0.613. The summed E-state index contributed by atoms with van der Waals surface area (Å²) in [5.41, 5.74) is 2.34. The second-order valence-corrected chi connectivity index (χ2v) is 4.31. The number of allylic oxidation sites excluding steroid dienone is 1. The zero-order chi connectivity index (χ0) is 13.8. The molecular formula is C17H14O2. The Morgan fingerprint density at radius 2 is 1.68 bits per heavy atom. The van der Waals surface area contributed by atoms with Gasteiger partial charge < -0.3 is 0 Å². The maximum absolute atomic E-state index is 12.4. The minimum atomic E-state index is -0.233. The van der Waals surface area contributed by atoms with Crippen molar-refractivity contribution in [2.75, 3.05) is 0 Å². The Morgan fingerprint density at radius 3 is 2.32 bits per heavy atom. The number of carbonyl (C=O) groups excluding carboxylic acids is 2. The zero-order valence-corrected chi connectivity index (χ0v) is 10.7. The van der Waals surface area contributed by atoms with Crippen LogP contribution in [0, 0.1) is 6.92 Å². The van der Waals surface area contributed by atoms with Crippen LogP contribution in [0.25, 0.3) is 0 Å². The van der Waals surface area contributed by atoms with Crippen LogP contribution in [-0.2, 0) is 0 Å². The third kappa shape index (κ3) is 2.68. The summed E-state index contributed by atoms with van der Waals surface area (Å²) in [7, 11) is 0. The Morgan fingerprint density at radius 1 is 1.00 bits per heavy atom. The summed E-state index contributed by atoms with van der Waals surface area (Å²) in [6.07, 6.45) is 1.23. The van der Waals surface area contributed by atoms with Crippen LogP contribution in [0.15, 0.2) is 61.2 Å². The topological polar surface area (TPSA) is 34.1 Å². The van der Waals surface area contributed by atoms with E-state index in [0.29, 0.717) is 16.7 Å². The average molecular weight is 250 g/mol. The molecule has 2 aromatic carbocycles. The molecule has 0 aromatic heterocycles. The molecule has 94 valence electrons. The van der Waals surface area contributed by atoms with E-state index < -0.39 is 0 Å². The smallest absolute Gasteiger partial charge is 0.193 e. The van der Waals surface area contributed by atoms with Crippen molar-refractivity contribution in [1.82, 2.24) is 0 Å². The van der Waals surface area contributed by atoms with Gasteiger partial charge in [-0.05, 0) is 19.1 Å². The molecule has 19 heavy (non-hydrogen) atoms. The van der Waals surface area contributed by atoms with Gasteiger partial charge in [0.2, 0.25) is 0 Å². The SMILES string of the molecule is C=CC(=O)c1cc(C)ccc1C(=O)c1ccccc1. The fourth-order valence-electron chi connectivity index (χ4n) is 1.91. The second-order valence-electron chi connectivity index (χ2n) is 4.31. The van der Waals surface area contributed by atoms with Crippen molar-refractivity contribution in [3.8, 4) is 0 Å². The third-order valence-electron chi connectivity index (χ3n) is 2.91. The molecule has 0 fully saturated rings. The van der Waals surface area contributed by atoms with Gasteiger partial charge in [0.05, 0.1) is 0 Å². The van der Waals surface area contributed by atoms with E-state index in [-0.39, 0.29) is 11.6 Å². The molecule has 2 nitrogen and oxygen atoms in total. The van der Waals surface area contributed by atoms with Crippen molar-refractivity contribution in [3.63, 3.8) is 0 Å². The van der Waals surface area contributed by atoms with Crippen LogP contribution < -0.4 is 0 Å². The van der Waals surface area contributed by atoms with Crippen molar-refractivity contribution in [1.29, 1.82) is 0 Å². The standard InChI is InChI=1S/C17H14O2/c1-3-16(18)15-11-12(2)9-10-14(15)17(19)13-7-5-4-6-8-13/h3-11H,1H2,2H3. The number of aryl methyl sites for hydroxylation is 1. The molecule has 0 atom stereocenters. The van der Waals surface area contributed by atoms with Gasteiger partial charge in [-0.15, -0.1) is 0 Å². The first kappa shape index (κ1) is 13.0. The van der Waals surface area contributed by atoms with Crippen LogP contribution in [0.2, 0.25) is 0 Å². The van der Waals surface area contributed by atoms with Gasteiger partial charge in [0.25, 0.3) is 0 Å². The van der Waals surface area contributed by atoms with E-state index in [1.165, 1.54) is 6.08 Å². The fourth-order valence-corrected chi connectivity index (χ4v) is 1.91. The Kier molecular flexibility index (Phi) is 3.71. The van der Waals surface area contributed by atoms with Gasteiger partial charge >= 0.3 is 0 Å². The summed E-state index contributed by atoms with van der Waals surface area (Å²) in [6.45, 7) is 5.36. The summed E-state index contributed by atoms with van der Waals surface area (Å²) in [6, 6.07) is 14.2. The predicted octanol–water partition coefficient (Wildman–Crippen LogP) is 3.59. The molecule has 0 N–H and O–H groups in total. The van der Waals surface area contributed by atoms with Gasteiger partial charge in [0.1, 0.15) is 0 Å². The molecule has 0 aliphatic rings. The van der Waals surface area contributed by atoms with Gasteiger partial charge in [-0.2, -0.15) is 0 Å². The molecule has 2 rings (SSSR count). The van der Waals surface area contributed by atoms with Crippen molar-refractivity contribution in [2.24, 2.45) is 0 Å². The monoisotopic (exact) mass is 250 g/mol. The number of hydrogen-bond donors (Lipinski definition) is 0. The highest BCUT2D eigenvalue weighted by Gasteiger charge is 2.16. The molecule has 0 aliphatic heterocycles. The largest absolute Gasteiger partial charge is 0.289 e. The number of ketones is 2. The normalized spacial score (nSPS) is 9.95. The Balaban J connectivity index is 2.54. The Labute approximate surface area is 112 Å². The van der Waals surface area contributed by atoms with Crippen molar-refractivity contribution < 1.29 is 9.59 Å². The molecule has 0 spiro atoms. The van der Waals surface area contributed by atoms with E-state index in [1.807, 2.05) is 19.1 Å². The highest BCUT2D eigenvalue weighted by atomic mass is 16.1. The van der Waals surface area contributed by atoms with Gasteiger partial charge in [-0.1, -0.05) is 54.6 Å². The molecular weight excluding hydrogens is 236 g/mol. The molecule has 0 aliphatic carbocycles. The van der Waals surface area contributed by atoms with E-state index in [0.717, 1.165) is 5.56 Å².